The number of benzene rings is 1. The number of hydrogen-bond acceptors (Lipinski definition) is 5. The van der Waals surface area contributed by atoms with Crippen molar-refractivity contribution in [2.75, 3.05) is 13.2 Å². The number of ether oxygens (including phenoxy) is 1. The second-order valence-corrected chi connectivity index (χ2v) is 13.6. The molecule has 2 bridgehead atoms. The van der Waals surface area contributed by atoms with E-state index in [2.05, 4.69) is 62.2 Å². The summed E-state index contributed by atoms with van der Waals surface area (Å²) >= 11 is 0. The lowest BCUT2D eigenvalue weighted by molar-refractivity contribution is -0.187. The minimum Gasteiger partial charge on any atom is -0.466 e. The van der Waals surface area contributed by atoms with Crippen LogP contribution in [0.25, 0.3) is 17.0 Å². The van der Waals surface area contributed by atoms with Gasteiger partial charge in [0.1, 0.15) is 6.61 Å². The molecule has 6 rings (SSSR count). The standard InChI is InChI=1S/C34H44N2O3/c1-5-38-30(37)33(4)16-8-15-32(3)27(33)14-18-34-22-29(31(2,23-34)17-13-28(32)34)36-39-20-7-9-24-11-12-26-25(21-24)10-6-19-35-26/h6-7,9-12,19,21,27-28H,5,8,13-18,20,22-23H2,1-4H3/b9-7+,36-29+/t27-,28-,31-,32+,33+,34-/m0/s1. The Kier molecular flexibility index (Phi) is 6.63. The molecule has 0 N–H and O–H groups in total. The fraction of sp³-hybridized carbons (Fsp3) is 0.618. The van der Waals surface area contributed by atoms with E-state index in [1.807, 2.05) is 19.2 Å². The number of carbonyl (C=O) groups is 1. The van der Waals surface area contributed by atoms with E-state index < -0.39 is 0 Å². The van der Waals surface area contributed by atoms with Crippen molar-refractivity contribution >= 4 is 28.7 Å². The molecule has 6 atom stereocenters. The molecule has 5 nitrogen and oxygen atoms in total. The molecule has 208 valence electrons. The van der Waals surface area contributed by atoms with Gasteiger partial charge in [0.25, 0.3) is 0 Å². The van der Waals surface area contributed by atoms with Gasteiger partial charge < -0.3 is 9.57 Å². The number of aromatic nitrogens is 1. The summed E-state index contributed by atoms with van der Waals surface area (Å²) in [5.74, 6) is 1.08. The fourth-order valence-electron chi connectivity index (χ4n) is 9.75. The SMILES string of the molecule is CCOC(=O)[C@]1(C)CCC[C@@]2(C)[C@@H]3CC[C@@]4(C)C[C@]3(CC[C@@H]21)C/C4=N\OC/C=C/c1ccc2ncccc2c1. The lowest BCUT2D eigenvalue weighted by Gasteiger charge is -2.64. The van der Waals surface area contributed by atoms with Crippen molar-refractivity contribution in [3.05, 3.63) is 48.2 Å². The smallest absolute Gasteiger partial charge is 0.312 e. The van der Waals surface area contributed by atoms with Crippen molar-refractivity contribution in [1.29, 1.82) is 0 Å². The predicted molar refractivity (Wildman–Crippen MR) is 156 cm³/mol. The zero-order valence-electron chi connectivity index (χ0n) is 24.2. The van der Waals surface area contributed by atoms with Crippen LogP contribution in [-0.2, 0) is 14.4 Å². The maximum Gasteiger partial charge on any atom is 0.312 e. The van der Waals surface area contributed by atoms with Gasteiger partial charge in [-0.1, -0.05) is 43.6 Å². The summed E-state index contributed by atoms with van der Waals surface area (Å²) in [5, 5.41) is 5.94. The van der Waals surface area contributed by atoms with Gasteiger partial charge in [-0.25, -0.2) is 0 Å². The van der Waals surface area contributed by atoms with Crippen LogP contribution in [-0.4, -0.2) is 29.9 Å². The summed E-state index contributed by atoms with van der Waals surface area (Å²) in [6.45, 7) is 10.0. The van der Waals surface area contributed by atoms with Crippen molar-refractivity contribution < 1.29 is 14.4 Å². The molecule has 1 aromatic carbocycles. The van der Waals surface area contributed by atoms with E-state index >= 15 is 0 Å². The van der Waals surface area contributed by atoms with Gasteiger partial charge in [-0.2, -0.15) is 0 Å². The minimum atomic E-state index is -0.349. The lowest BCUT2D eigenvalue weighted by Crippen LogP contribution is -2.58. The first-order valence-corrected chi connectivity index (χ1v) is 15.1. The Hall–Kier alpha value is -2.69. The van der Waals surface area contributed by atoms with Crippen LogP contribution in [0.2, 0.25) is 0 Å². The van der Waals surface area contributed by atoms with Crippen LogP contribution in [0.15, 0.2) is 47.8 Å². The van der Waals surface area contributed by atoms with Gasteiger partial charge in [-0.3, -0.25) is 9.78 Å². The van der Waals surface area contributed by atoms with Crippen LogP contribution in [0, 0.1) is 33.5 Å². The molecule has 4 saturated carbocycles. The molecule has 4 fully saturated rings. The first-order valence-electron chi connectivity index (χ1n) is 15.1. The predicted octanol–water partition coefficient (Wildman–Crippen LogP) is 7.99. The number of carbonyl (C=O) groups excluding carboxylic acids is 1. The molecule has 0 aliphatic heterocycles. The molecule has 1 aromatic heterocycles. The van der Waals surface area contributed by atoms with E-state index in [1.165, 1.54) is 37.8 Å². The van der Waals surface area contributed by atoms with Crippen molar-refractivity contribution in [1.82, 2.24) is 4.98 Å². The fourth-order valence-corrected chi connectivity index (χ4v) is 9.75. The number of oxime groups is 1. The number of hydrogen-bond donors (Lipinski definition) is 0. The van der Waals surface area contributed by atoms with Gasteiger partial charge in [0, 0.05) is 17.0 Å². The Morgan fingerprint density at radius 3 is 2.79 bits per heavy atom. The average Bonchev–Trinajstić information content (AvgIpc) is 3.12. The summed E-state index contributed by atoms with van der Waals surface area (Å²) in [6, 6.07) is 10.4. The van der Waals surface area contributed by atoms with E-state index in [-0.39, 0.29) is 22.2 Å². The highest BCUT2D eigenvalue weighted by atomic mass is 16.6. The van der Waals surface area contributed by atoms with E-state index in [0.717, 1.165) is 42.1 Å². The molecule has 0 amide bonds. The highest BCUT2D eigenvalue weighted by Gasteiger charge is 2.67. The lowest BCUT2D eigenvalue weighted by atomic mass is 9.40. The highest BCUT2D eigenvalue weighted by molar-refractivity contribution is 5.93. The first-order chi connectivity index (χ1) is 18.7. The number of nitrogens with zero attached hydrogens (tertiary/aromatic N) is 2. The molecule has 0 unspecified atom stereocenters. The molecule has 1 heterocycles. The first kappa shape index (κ1) is 26.5. The van der Waals surface area contributed by atoms with Crippen LogP contribution in [0.5, 0.6) is 0 Å². The Labute approximate surface area is 233 Å². The summed E-state index contributed by atoms with van der Waals surface area (Å²) in [6.07, 6.45) is 16.3. The summed E-state index contributed by atoms with van der Waals surface area (Å²) in [5.41, 5.74) is 3.69. The zero-order valence-corrected chi connectivity index (χ0v) is 24.2. The van der Waals surface area contributed by atoms with Crippen LogP contribution in [0.1, 0.15) is 91.0 Å². The van der Waals surface area contributed by atoms with Crippen LogP contribution in [0.3, 0.4) is 0 Å². The molecule has 4 aliphatic carbocycles. The number of rotatable bonds is 6. The van der Waals surface area contributed by atoms with Crippen molar-refractivity contribution in [3.8, 4) is 0 Å². The third kappa shape index (κ3) is 4.31. The van der Waals surface area contributed by atoms with Gasteiger partial charge >= 0.3 is 5.97 Å². The Morgan fingerprint density at radius 2 is 1.95 bits per heavy atom. The second kappa shape index (κ2) is 9.74. The Bertz CT molecular complexity index is 1320. The molecule has 0 radical (unpaired) electrons. The quantitative estimate of drug-likeness (QED) is 0.217. The maximum atomic E-state index is 13.2. The molecule has 1 spiro atoms. The van der Waals surface area contributed by atoms with Crippen molar-refractivity contribution in [2.45, 2.75) is 85.5 Å². The average molecular weight is 529 g/mol. The maximum absolute atomic E-state index is 13.2. The molecular formula is C34H44N2O3. The molecule has 2 aromatic rings. The third-order valence-corrected chi connectivity index (χ3v) is 11.4. The largest absolute Gasteiger partial charge is 0.466 e. The number of esters is 1. The van der Waals surface area contributed by atoms with Crippen LogP contribution in [0.4, 0.5) is 0 Å². The van der Waals surface area contributed by atoms with Gasteiger partial charge in [-0.15, -0.1) is 0 Å². The van der Waals surface area contributed by atoms with E-state index in [9.17, 15) is 4.79 Å². The van der Waals surface area contributed by atoms with Gasteiger partial charge in [0.05, 0.1) is 23.3 Å². The minimum absolute atomic E-state index is 0.0352. The van der Waals surface area contributed by atoms with Crippen LogP contribution < -0.4 is 0 Å². The van der Waals surface area contributed by atoms with Gasteiger partial charge in [-0.05, 0) is 118 Å². The molecule has 5 heteroatoms. The Balaban J connectivity index is 1.16. The zero-order chi connectivity index (χ0) is 27.3. The monoisotopic (exact) mass is 528 g/mol. The Morgan fingerprint density at radius 1 is 1.10 bits per heavy atom. The van der Waals surface area contributed by atoms with Gasteiger partial charge in [0.15, 0.2) is 0 Å². The topological polar surface area (TPSA) is 60.8 Å². The van der Waals surface area contributed by atoms with E-state index in [1.54, 1.807) is 0 Å². The third-order valence-electron chi connectivity index (χ3n) is 11.4. The highest BCUT2D eigenvalue weighted by Crippen LogP contribution is 2.73. The van der Waals surface area contributed by atoms with E-state index in [4.69, 9.17) is 14.7 Å². The molecule has 4 aliphatic rings. The molecule has 0 saturated heterocycles. The molecular weight excluding hydrogens is 484 g/mol. The number of pyridine rings is 1. The summed E-state index contributed by atoms with van der Waals surface area (Å²) < 4.78 is 5.64. The second-order valence-electron chi connectivity index (χ2n) is 13.6. The number of fused-ring (bicyclic) bond motifs is 4. The van der Waals surface area contributed by atoms with Crippen molar-refractivity contribution in [2.24, 2.45) is 38.7 Å². The van der Waals surface area contributed by atoms with Gasteiger partial charge in [0.2, 0.25) is 0 Å². The summed E-state index contributed by atoms with van der Waals surface area (Å²) in [4.78, 5) is 23.5. The summed E-state index contributed by atoms with van der Waals surface area (Å²) in [7, 11) is 0. The van der Waals surface area contributed by atoms with Crippen molar-refractivity contribution in [3.63, 3.8) is 0 Å². The van der Waals surface area contributed by atoms with E-state index in [0.29, 0.717) is 30.5 Å². The normalized spacial score (nSPS) is 38.5. The van der Waals surface area contributed by atoms with Crippen LogP contribution >= 0.6 is 0 Å². The molecule has 39 heavy (non-hydrogen) atoms.